The topological polar surface area (TPSA) is 114 Å². The van der Waals surface area contributed by atoms with Gasteiger partial charge in [-0.2, -0.15) is 0 Å². The van der Waals surface area contributed by atoms with Crippen LogP contribution in [0.3, 0.4) is 0 Å². The Labute approximate surface area is 187 Å². The molecule has 2 aromatic rings. The number of methoxy groups -OCH3 is 1. The first-order chi connectivity index (χ1) is 15.2. The largest absolute Gasteiger partial charge is 0.467 e. The van der Waals surface area contributed by atoms with Gasteiger partial charge in [-0.05, 0) is 43.0 Å². The van der Waals surface area contributed by atoms with E-state index in [9.17, 15) is 19.5 Å². The molecule has 0 radical (unpaired) electrons. The van der Waals surface area contributed by atoms with Crippen molar-refractivity contribution in [1.29, 1.82) is 0 Å². The molecule has 0 spiro atoms. The number of aliphatic hydroxyl groups is 1. The van der Waals surface area contributed by atoms with Crippen LogP contribution in [-0.4, -0.2) is 48.4 Å². The van der Waals surface area contributed by atoms with Crippen LogP contribution in [0.1, 0.15) is 29.2 Å². The fraction of sp³-hybridized carbons (Fsp3) is 0.375. The van der Waals surface area contributed by atoms with E-state index in [1.54, 1.807) is 12.1 Å². The van der Waals surface area contributed by atoms with E-state index in [-0.39, 0.29) is 13.0 Å². The van der Waals surface area contributed by atoms with Gasteiger partial charge >= 0.3 is 12.1 Å². The summed E-state index contributed by atoms with van der Waals surface area (Å²) in [4.78, 5) is 37.2. The van der Waals surface area contributed by atoms with Gasteiger partial charge in [-0.25, -0.2) is 9.59 Å². The SMILES string of the molecule is COC(=O)[C@H](Cc1ccc(C)c(C)c1)NC(=O)[C@@H](NC(=O)OCc1ccccc1)[C@@H](C)O. The normalized spacial score (nSPS) is 13.4. The van der Waals surface area contributed by atoms with Crippen molar-refractivity contribution in [2.24, 2.45) is 0 Å². The van der Waals surface area contributed by atoms with Crippen molar-refractivity contribution in [3.05, 3.63) is 70.8 Å². The van der Waals surface area contributed by atoms with Crippen LogP contribution < -0.4 is 10.6 Å². The minimum absolute atomic E-state index is 0.0123. The zero-order valence-electron chi connectivity index (χ0n) is 18.8. The van der Waals surface area contributed by atoms with Crippen molar-refractivity contribution in [3.63, 3.8) is 0 Å². The highest BCUT2D eigenvalue weighted by Crippen LogP contribution is 2.12. The summed E-state index contributed by atoms with van der Waals surface area (Å²) in [6, 6.07) is 12.5. The van der Waals surface area contributed by atoms with Crippen LogP contribution in [0.5, 0.6) is 0 Å². The minimum atomic E-state index is -1.31. The van der Waals surface area contributed by atoms with E-state index in [0.717, 1.165) is 22.3 Å². The lowest BCUT2D eigenvalue weighted by Gasteiger charge is -2.24. The molecule has 2 amide bonds. The molecule has 0 aliphatic heterocycles. The maximum atomic E-state index is 12.8. The number of carbonyl (C=O) groups excluding carboxylic acids is 3. The number of benzene rings is 2. The number of hydrogen-bond acceptors (Lipinski definition) is 6. The zero-order valence-corrected chi connectivity index (χ0v) is 18.8. The van der Waals surface area contributed by atoms with Crippen molar-refractivity contribution >= 4 is 18.0 Å². The van der Waals surface area contributed by atoms with E-state index in [4.69, 9.17) is 9.47 Å². The standard InChI is InChI=1S/C24H30N2O6/c1-15-10-11-19(12-16(15)2)13-20(23(29)31-4)25-22(28)21(17(3)27)26-24(30)32-14-18-8-6-5-7-9-18/h5-12,17,20-21,27H,13-14H2,1-4H3,(H,25,28)(H,26,30)/t17-,20+,21+/m1/s1. The van der Waals surface area contributed by atoms with Gasteiger partial charge in [0, 0.05) is 6.42 Å². The second kappa shape index (κ2) is 11.9. The average Bonchev–Trinajstić information content (AvgIpc) is 2.77. The molecular formula is C24H30N2O6. The van der Waals surface area contributed by atoms with Gasteiger partial charge in [-0.15, -0.1) is 0 Å². The number of alkyl carbamates (subject to hydrolysis) is 1. The smallest absolute Gasteiger partial charge is 0.408 e. The lowest BCUT2D eigenvalue weighted by atomic mass is 10.0. The highest BCUT2D eigenvalue weighted by Gasteiger charge is 2.30. The van der Waals surface area contributed by atoms with Crippen LogP contribution >= 0.6 is 0 Å². The van der Waals surface area contributed by atoms with Crippen LogP contribution in [0.25, 0.3) is 0 Å². The Bertz CT molecular complexity index is 929. The lowest BCUT2D eigenvalue weighted by Crippen LogP contribution is -2.56. The summed E-state index contributed by atoms with van der Waals surface area (Å²) in [5.41, 5.74) is 3.79. The van der Waals surface area contributed by atoms with Crippen molar-refractivity contribution in [2.45, 2.75) is 52.0 Å². The van der Waals surface area contributed by atoms with Crippen molar-refractivity contribution in [1.82, 2.24) is 10.6 Å². The summed E-state index contributed by atoms with van der Waals surface area (Å²) >= 11 is 0. The molecule has 2 rings (SSSR count). The second-order valence-electron chi connectivity index (χ2n) is 7.63. The Morgan fingerprint density at radius 3 is 2.25 bits per heavy atom. The predicted octanol–water partition coefficient (Wildman–Crippen LogP) is 2.18. The monoisotopic (exact) mass is 442 g/mol. The molecule has 0 bridgehead atoms. The summed E-state index contributed by atoms with van der Waals surface area (Å²) in [6.45, 7) is 5.31. The van der Waals surface area contributed by atoms with Crippen LogP contribution in [0.2, 0.25) is 0 Å². The first-order valence-electron chi connectivity index (χ1n) is 10.3. The second-order valence-corrected chi connectivity index (χ2v) is 7.63. The number of rotatable bonds is 9. The maximum Gasteiger partial charge on any atom is 0.408 e. The van der Waals surface area contributed by atoms with Crippen LogP contribution in [-0.2, 0) is 32.1 Å². The molecule has 0 aromatic heterocycles. The molecule has 172 valence electrons. The van der Waals surface area contributed by atoms with E-state index < -0.39 is 36.2 Å². The summed E-state index contributed by atoms with van der Waals surface area (Å²) in [5.74, 6) is -1.36. The van der Waals surface area contributed by atoms with E-state index in [1.165, 1.54) is 14.0 Å². The van der Waals surface area contributed by atoms with E-state index in [1.807, 2.05) is 50.2 Å². The number of aryl methyl sites for hydroxylation is 2. The third kappa shape index (κ3) is 7.39. The summed E-state index contributed by atoms with van der Waals surface area (Å²) in [7, 11) is 1.23. The first kappa shape index (κ1) is 24.9. The van der Waals surface area contributed by atoms with E-state index in [0.29, 0.717) is 0 Å². The number of esters is 1. The Kier molecular flexibility index (Phi) is 9.22. The number of aliphatic hydroxyl groups excluding tert-OH is 1. The molecule has 2 aromatic carbocycles. The molecule has 0 saturated heterocycles. The Morgan fingerprint density at radius 1 is 0.969 bits per heavy atom. The van der Waals surface area contributed by atoms with Crippen LogP contribution in [0.4, 0.5) is 4.79 Å². The summed E-state index contributed by atoms with van der Waals surface area (Å²) in [5, 5.41) is 15.0. The molecule has 32 heavy (non-hydrogen) atoms. The number of carbonyl (C=O) groups is 3. The van der Waals surface area contributed by atoms with Crippen molar-refractivity contribution < 1.29 is 29.0 Å². The van der Waals surface area contributed by atoms with Gasteiger partial charge in [-0.1, -0.05) is 48.5 Å². The molecule has 3 atom stereocenters. The van der Waals surface area contributed by atoms with Crippen molar-refractivity contribution in [3.8, 4) is 0 Å². The first-order valence-corrected chi connectivity index (χ1v) is 10.3. The minimum Gasteiger partial charge on any atom is -0.467 e. The molecule has 0 fully saturated rings. The van der Waals surface area contributed by atoms with Crippen LogP contribution in [0.15, 0.2) is 48.5 Å². The van der Waals surface area contributed by atoms with Gasteiger partial charge < -0.3 is 25.2 Å². The van der Waals surface area contributed by atoms with Gasteiger partial charge in [-0.3, -0.25) is 4.79 Å². The summed E-state index contributed by atoms with van der Waals surface area (Å²) in [6.07, 6.45) is -1.89. The maximum absolute atomic E-state index is 12.8. The number of nitrogens with one attached hydrogen (secondary N) is 2. The molecule has 8 heteroatoms. The fourth-order valence-corrected chi connectivity index (χ4v) is 3.06. The zero-order chi connectivity index (χ0) is 23.7. The highest BCUT2D eigenvalue weighted by atomic mass is 16.5. The molecule has 0 aliphatic carbocycles. The van der Waals surface area contributed by atoms with Gasteiger partial charge in [0.25, 0.3) is 0 Å². The highest BCUT2D eigenvalue weighted by molar-refractivity contribution is 5.90. The van der Waals surface area contributed by atoms with E-state index in [2.05, 4.69) is 10.6 Å². The predicted molar refractivity (Wildman–Crippen MR) is 119 cm³/mol. The van der Waals surface area contributed by atoms with Gasteiger partial charge in [0.05, 0.1) is 13.2 Å². The molecule has 0 saturated carbocycles. The van der Waals surface area contributed by atoms with Gasteiger partial charge in [0.1, 0.15) is 18.7 Å². The Hall–Kier alpha value is -3.39. The number of amides is 2. The Balaban J connectivity index is 2.04. The third-order valence-electron chi connectivity index (χ3n) is 5.06. The quantitative estimate of drug-likeness (QED) is 0.513. The molecule has 3 N–H and O–H groups in total. The molecule has 0 aliphatic rings. The molecule has 0 unspecified atom stereocenters. The van der Waals surface area contributed by atoms with Crippen LogP contribution in [0, 0.1) is 13.8 Å². The summed E-state index contributed by atoms with van der Waals surface area (Å²) < 4.78 is 9.94. The third-order valence-corrected chi connectivity index (χ3v) is 5.06. The number of ether oxygens (including phenoxy) is 2. The van der Waals surface area contributed by atoms with Gasteiger partial charge in [0.15, 0.2) is 0 Å². The fourth-order valence-electron chi connectivity index (χ4n) is 3.06. The van der Waals surface area contributed by atoms with Gasteiger partial charge in [0.2, 0.25) is 5.91 Å². The molecule has 8 nitrogen and oxygen atoms in total. The molecule has 0 heterocycles. The molecular weight excluding hydrogens is 412 g/mol. The average molecular weight is 443 g/mol. The Morgan fingerprint density at radius 2 is 1.66 bits per heavy atom. The van der Waals surface area contributed by atoms with E-state index >= 15 is 0 Å². The number of hydrogen-bond donors (Lipinski definition) is 3. The lowest BCUT2D eigenvalue weighted by molar-refractivity contribution is -0.145. The van der Waals surface area contributed by atoms with Crippen molar-refractivity contribution in [2.75, 3.05) is 7.11 Å².